The Morgan fingerprint density at radius 1 is 1.29 bits per heavy atom. The van der Waals surface area contributed by atoms with Crippen LogP contribution in [0.1, 0.15) is 6.42 Å². The number of benzene rings is 1. The van der Waals surface area contributed by atoms with Crippen molar-refractivity contribution in [2.45, 2.75) is 6.42 Å². The summed E-state index contributed by atoms with van der Waals surface area (Å²) in [6, 6.07) is 7.29. The van der Waals surface area contributed by atoms with Crippen molar-refractivity contribution in [1.29, 1.82) is 0 Å². The van der Waals surface area contributed by atoms with Crippen LogP contribution in [0.5, 0.6) is 0 Å². The van der Waals surface area contributed by atoms with Gasteiger partial charge >= 0.3 is 5.97 Å². The van der Waals surface area contributed by atoms with Crippen LogP contribution in [0.15, 0.2) is 36.0 Å². The van der Waals surface area contributed by atoms with E-state index in [0.29, 0.717) is 11.4 Å². The van der Waals surface area contributed by atoms with Gasteiger partial charge in [-0.15, -0.1) is 0 Å². The van der Waals surface area contributed by atoms with Crippen LogP contribution in [-0.2, 0) is 14.3 Å². The lowest BCUT2D eigenvalue weighted by Gasteiger charge is -2.07. The van der Waals surface area contributed by atoms with E-state index < -0.39 is 5.97 Å². The molecule has 0 unspecified atom stereocenters. The molecule has 0 atom stereocenters. The number of nitrogens with one attached hydrogen (secondary N) is 2. The monoisotopic (exact) mass is 232 g/mol. The van der Waals surface area contributed by atoms with Crippen molar-refractivity contribution in [1.82, 2.24) is 0 Å². The fourth-order valence-electron chi connectivity index (χ4n) is 1.57. The van der Waals surface area contributed by atoms with Crippen LogP contribution in [0.2, 0.25) is 0 Å². The molecule has 5 heteroatoms. The summed E-state index contributed by atoms with van der Waals surface area (Å²) in [6.45, 7) is 0. The molecule has 0 saturated heterocycles. The minimum Gasteiger partial charge on any atom is -0.466 e. The van der Waals surface area contributed by atoms with E-state index in [9.17, 15) is 9.59 Å². The average Bonchev–Trinajstić information content (AvgIpc) is 2.46. The number of hydrogen-bond acceptors (Lipinski definition) is 4. The zero-order valence-electron chi connectivity index (χ0n) is 9.32. The van der Waals surface area contributed by atoms with E-state index in [1.165, 1.54) is 13.2 Å². The molecular formula is C12H12N2O3. The molecule has 0 aromatic heterocycles. The highest BCUT2D eigenvalue weighted by atomic mass is 16.5. The van der Waals surface area contributed by atoms with E-state index in [0.717, 1.165) is 5.69 Å². The molecule has 0 bridgehead atoms. The molecule has 1 aliphatic heterocycles. The van der Waals surface area contributed by atoms with Crippen LogP contribution in [0.4, 0.5) is 11.4 Å². The van der Waals surface area contributed by atoms with Crippen molar-refractivity contribution < 1.29 is 14.3 Å². The van der Waals surface area contributed by atoms with Gasteiger partial charge in [0.25, 0.3) is 0 Å². The molecule has 0 saturated carbocycles. The number of carbonyl (C=O) groups is 2. The second-order valence-electron chi connectivity index (χ2n) is 3.59. The lowest BCUT2D eigenvalue weighted by atomic mass is 10.2. The molecule has 17 heavy (non-hydrogen) atoms. The fourth-order valence-corrected chi connectivity index (χ4v) is 1.57. The van der Waals surface area contributed by atoms with E-state index in [-0.39, 0.29) is 12.3 Å². The second-order valence-corrected chi connectivity index (χ2v) is 3.59. The molecule has 0 spiro atoms. The molecule has 0 fully saturated rings. The summed E-state index contributed by atoms with van der Waals surface area (Å²) >= 11 is 0. The number of para-hydroxylation sites is 2. The number of carbonyl (C=O) groups excluding carboxylic acids is 2. The minimum atomic E-state index is -0.486. The van der Waals surface area contributed by atoms with Crippen molar-refractivity contribution in [2.24, 2.45) is 0 Å². The van der Waals surface area contributed by atoms with E-state index in [2.05, 4.69) is 15.4 Å². The zero-order chi connectivity index (χ0) is 12.3. The Morgan fingerprint density at radius 2 is 1.94 bits per heavy atom. The quantitative estimate of drug-likeness (QED) is 0.568. The first-order chi connectivity index (χ1) is 8.19. The topological polar surface area (TPSA) is 67.4 Å². The first-order valence-corrected chi connectivity index (χ1v) is 5.13. The first kappa shape index (κ1) is 11.2. The van der Waals surface area contributed by atoms with Crippen LogP contribution in [0.3, 0.4) is 0 Å². The summed E-state index contributed by atoms with van der Waals surface area (Å²) in [5, 5.41) is 5.78. The summed E-state index contributed by atoms with van der Waals surface area (Å²) in [6.07, 6.45) is 1.39. The Morgan fingerprint density at radius 3 is 2.59 bits per heavy atom. The van der Waals surface area contributed by atoms with Crippen molar-refractivity contribution in [3.63, 3.8) is 0 Å². The van der Waals surface area contributed by atoms with Gasteiger partial charge in [0, 0.05) is 11.8 Å². The van der Waals surface area contributed by atoms with Gasteiger partial charge in [-0.05, 0) is 12.1 Å². The first-order valence-electron chi connectivity index (χ1n) is 5.13. The maximum absolute atomic E-state index is 11.6. The summed E-state index contributed by atoms with van der Waals surface area (Å²) < 4.78 is 4.53. The van der Waals surface area contributed by atoms with E-state index in [1.54, 1.807) is 6.07 Å². The number of anilines is 2. The molecule has 2 N–H and O–H groups in total. The van der Waals surface area contributed by atoms with Crippen molar-refractivity contribution in [3.05, 3.63) is 36.0 Å². The van der Waals surface area contributed by atoms with Gasteiger partial charge < -0.3 is 15.4 Å². The fraction of sp³-hybridized carbons (Fsp3) is 0.167. The third-order valence-corrected chi connectivity index (χ3v) is 2.34. The third-order valence-electron chi connectivity index (χ3n) is 2.34. The molecule has 1 heterocycles. The van der Waals surface area contributed by atoms with E-state index in [4.69, 9.17) is 0 Å². The highest BCUT2D eigenvalue weighted by Crippen LogP contribution is 2.26. The van der Waals surface area contributed by atoms with Gasteiger partial charge in [0.2, 0.25) is 5.91 Å². The minimum absolute atomic E-state index is 0.115. The van der Waals surface area contributed by atoms with Gasteiger partial charge in [-0.1, -0.05) is 12.1 Å². The van der Waals surface area contributed by atoms with Gasteiger partial charge in [0.1, 0.15) is 0 Å². The van der Waals surface area contributed by atoms with Gasteiger partial charge in [0.15, 0.2) is 0 Å². The second kappa shape index (κ2) is 4.69. The number of ether oxygens (including phenoxy) is 1. The van der Waals surface area contributed by atoms with Gasteiger partial charge in [-0.3, -0.25) is 4.79 Å². The third kappa shape index (κ3) is 2.63. The van der Waals surface area contributed by atoms with Gasteiger partial charge in [-0.2, -0.15) is 0 Å². The lowest BCUT2D eigenvalue weighted by molar-refractivity contribution is -0.134. The Labute approximate surface area is 98.5 Å². The highest BCUT2D eigenvalue weighted by molar-refractivity contribution is 5.99. The summed E-state index contributed by atoms with van der Waals surface area (Å²) in [5.41, 5.74) is 1.97. The van der Waals surface area contributed by atoms with E-state index >= 15 is 0 Å². The standard InChI is InChI=1S/C12H12N2O3/c1-17-12(16)7-8-6-11(15)14-10-5-3-2-4-9(10)13-8/h2-5,7,13H,6H2,1H3,(H,14,15)/b8-7-. The summed E-state index contributed by atoms with van der Waals surface area (Å²) in [5.74, 6) is -0.655. The van der Waals surface area contributed by atoms with Crippen LogP contribution < -0.4 is 10.6 Å². The molecule has 5 nitrogen and oxygen atoms in total. The van der Waals surface area contributed by atoms with Crippen LogP contribution in [-0.4, -0.2) is 19.0 Å². The molecule has 2 rings (SSSR count). The number of esters is 1. The highest BCUT2D eigenvalue weighted by Gasteiger charge is 2.16. The Balaban J connectivity index is 2.32. The molecule has 1 aromatic rings. The number of amides is 1. The number of fused-ring (bicyclic) bond motifs is 1. The molecule has 1 aromatic carbocycles. The predicted molar refractivity (Wildman–Crippen MR) is 63.4 cm³/mol. The summed E-state index contributed by atoms with van der Waals surface area (Å²) in [4.78, 5) is 22.7. The van der Waals surface area contributed by atoms with Crippen molar-refractivity contribution in [2.75, 3.05) is 17.7 Å². The predicted octanol–water partition coefficient (Wildman–Crippen LogP) is 1.50. The maximum atomic E-state index is 11.6. The maximum Gasteiger partial charge on any atom is 0.332 e. The zero-order valence-corrected chi connectivity index (χ0v) is 9.32. The SMILES string of the molecule is COC(=O)/C=C1/CC(=O)Nc2ccccc2N1. The smallest absolute Gasteiger partial charge is 0.332 e. The Bertz CT molecular complexity index is 494. The molecule has 0 radical (unpaired) electrons. The summed E-state index contributed by atoms with van der Waals surface area (Å²) in [7, 11) is 1.30. The normalized spacial score (nSPS) is 16.5. The molecular weight excluding hydrogens is 220 g/mol. The van der Waals surface area contributed by atoms with E-state index in [1.807, 2.05) is 18.2 Å². The van der Waals surface area contributed by atoms with Crippen LogP contribution in [0.25, 0.3) is 0 Å². The Kier molecular flexibility index (Phi) is 3.09. The number of rotatable bonds is 1. The van der Waals surface area contributed by atoms with Crippen molar-refractivity contribution >= 4 is 23.3 Å². The molecule has 0 aliphatic carbocycles. The number of hydrogen-bond donors (Lipinski definition) is 2. The van der Waals surface area contributed by atoms with Gasteiger partial charge in [-0.25, -0.2) is 4.79 Å². The van der Waals surface area contributed by atoms with Gasteiger partial charge in [0.05, 0.1) is 24.9 Å². The largest absolute Gasteiger partial charge is 0.466 e. The van der Waals surface area contributed by atoms with Crippen LogP contribution >= 0.6 is 0 Å². The molecule has 1 aliphatic rings. The number of methoxy groups -OCH3 is 1. The molecule has 1 amide bonds. The van der Waals surface area contributed by atoms with Crippen molar-refractivity contribution in [3.8, 4) is 0 Å². The van der Waals surface area contributed by atoms with Crippen LogP contribution in [0, 0.1) is 0 Å². The Hall–Kier alpha value is -2.30. The lowest BCUT2D eigenvalue weighted by Crippen LogP contribution is -2.11. The molecule has 88 valence electrons. The average molecular weight is 232 g/mol.